The summed E-state index contributed by atoms with van der Waals surface area (Å²) in [5.41, 5.74) is 6.88. The highest BCUT2D eigenvalue weighted by molar-refractivity contribution is 5.33. The second-order valence-electron chi connectivity index (χ2n) is 6.75. The fourth-order valence-corrected chi connectivity index (χ4v) is 3.47. The van der Waals surface area contributed by atoms with E-state index in [0.29, 0.717) is 18.4 Å². The highest BCUT2D eigenvalue weighted by atomic mass is 16.5. The van der Waals surface area contributed by atoms with Gasteiger partial charge in [-0.3, -0.25) is 0 Å². The second kappa shape index (κ2) is 7.27. The summed E-state index contributed by atoms with van der Waals surface area (Å²) in [7, 11) is 0. The maximum absolute atomic E-state index is 5.98. The maximum atomic E-state index is 5.98. The van der Waals surface area contributed by atoms with Crippen LogP contribution in [0, 0.1) is 5.92 Å². The number of nitrogens with two attached hydrogens (primary N) is 1. The van der Waals surface area contributed by atoms with Gasteiger partial charge in [-0.05, 0) is 43.9 Å². The van der Waals surface area contributed by atoms with Gasteiger partial charge in [0.2, 0.25) is 11.8 Å². The molecule has 0 amide bonds. The number of ether oxygens (including phenoxy) is 2. The Labute approximate surface area is 132 Å². The highest BCUT2D eigenvalue weighted by Gasteiger charge is 2.24. The number of rotatable bonds is 4. The molecule has 2 N–H and O–H groups in total. The van der Waals surface area contributed by atoms with Crippen molar-refractivity contribution < 1.29 is 9.47 Å². The van der Waals surface area contributed by atoms with E-state index in [1.165, 1.54) is 32.1 Å². The molecule has 2 aliphatic rings. The van der Waals surface area contributed by atoms with Gasteiger partial charge in [-0.25, -0.2) is 4.98 Å². The van der Waals surface area contributed by atoms with Crippen molar-refractivity contribution in [2.75, 3.05) is 18.9 Å². The van der Waals surface area contributed by atoms with Gasteiger partial charge in [0.15, 0.2) is 0 Å². The largest absolute Gasteiger partial charge is 0.475 e. The molecule has 0 spiro atoms. The lowest BCUT2D eigenvalue weighted by atomic mass is 9.80. The van der Waals surface area contributed by atoms with Crippen molar-refractivity contribution in [2.45, 2.75) is 63.9 Å². The Morgan fingerprint density at radius 2 is 2.05 bits per heavy atom. The summed E-state index contributed by atoms with van der Waals surface area (Å²) in [5.74, 6) is 2.28. The summed E-state index contributed by atoms with van der Waals surface area (Å²) in [5, 5.41) is 0. The van der Waals surface area contributed by atoms with Crippen LogP contribution in [0.25, 0.3) is 0 Å². The molecule has 0 radical (unpaired) electrons. The van der Waals surface area contributed by atoms with Crippen LogP contribution in [0.4, 0.5) is 5.95 Å². The zero-order valence-corrected chi connectivity index (χ0v) is 13.5. The van der Waals surface area contributed by atoms with Crippen LogP contribution in [0.15, 0.2) is 6.20 Å². The first-order chi connectivity index (χ1) is 10.7. The van der Waals surface area contributed by atoms with E-state index in [0.717, 1.165) is 30.9 Å². The molecular formula is C17H27N3O2. The van der Waals surface area contributed by atoms with Gasteiger partial charge in [-0.2, -0.15) is 4.98 Å². The molecule has 5 heteroatoms. The number of hydrogen-bond acceptors (Lipinski definition) is 5. The monoisotopic (exact) mass is 305 g/mol. The zero-order chi connectivity index (χ0) is 15.4. The molecule has 1 saturated carbocycles. The number of hydrogen-bond donors (Lipinski definition) is 1. The van der Waals surface area contributed by atoms with Crippen molar-refractivity contribution in [1.29, 1.82) is 0 Å². The van der Waals surface area contributed by atoms with Crippen LogP contribution in [0.2, 0.25) is 0 Å². The number of anilines is 1. The number of nitrogen functional groups attached to an aromatic ring is 1. The molecule has 122 valence electrons. The quantitative estimate of drug-likeness (QED) is 0.924. The van der Waals surface area contributed by atoms with Crippen molar-refractivity contribution in [3.05, 3.63) is 11.8 Å². The Balaban J connectivity index is 1.67. The highest BCUT2D eigenvalue weighted by Crippen LogP contribution is 2.38. The third-order valence-corrected chi connectivity index (χ3v) is 4.93. The molecule has 1 aliphatic carbocycles. The first kappa shape index (κ1) is 15.5. The summed E-state index contributed by atoms with van der Waals surface area (Å²) in [6.07, 6.45) is 10.4. The Hall–Kier alpha value is -1.36. The summed E-state index contributed by atoms with van der Waals surface area (Å²) < 4.78 is 11.7. The van der Waals surface area contributed by atoms with Gasteiger partial charge in [-0.1, -0.05) is 19.8 Å². The van der Waals surface area contributed by atoms with Crippen LogP contribution >= 0.6 is 0 Å². The second-order valence-corrected chi connectivity index (χ2v) is 6.75. The lowest BCUT2D eigenvalue weighted by Gasteiger charge is -2.28. The molecule has 1 atom stereocenters. The Morgan fingerprint density at radius 3 is 2.77 bits per heavy atom. The normalized spacial score (nSPS) is 29.2. The van der Waals surface area contributed by atoms with E-state index in [4.69, 9.17) is 15.2 Å². The molecule has 1 aliphatic heterocycles. The van der Waals surface area contributed by atoms with Gasteiger partial charge >= 0.3 is 0 Å². The third-order valence-electron chi connectivity index (χ3n) is 4.93. The fourth-order valence-electron chi connectivity index (χ4n) is 3.47. The molecule has 0 aromatic carbocycles. The Bertz CT molecular complexity index is 481. The molecule has 1 saturated heterocycles. The Morgan fingerprint density at radius 1 is 1.23 bits per heavy atom. The Kier molecular flexibility index (Phi) is 5.13. The van der Waals surface area contributed by atoms with E-state index in [9.17, 15) is 0 Å². The average Bonchev–Trinajstić information content (AvgIpc) is 2.55. The van der Waals surface area contributed by atoms with Crippen LogP contribution in [0.1, 0.15) is 63.4 Å². The SMILES string of the molecule is CC1CCC(c2cnc(N)nc2OCC2CCCCO2)CC1. The van der Waals surface area contributed by atoms with Crippen molar-refractivity contribution in [2.24, 2.45) is 5.92 Å². The van der Waals surface area contributed by atoms with Gasteiger partial charge < -0.3 is 15.2 Å². The predicted molar refractivity (Wildman–Crippen MR) is 85.9 cm³/mol. The molecule has 3 rings (SSSR count). The smallest absolute Gasteiger partial charge is 0.223 e. The molecule has 2 heterocycles. The van der Waals surface area contributed by atoms with Crippen molar-refractivity contribution in [3.8, 4) is 5.88 Å². The van der Waals surface area contributed by atoms with E-state index in [-0.39, 0.29) is 12.1 Å². The summed E-state index contributed by atoms with van der Waals surface area (Å²) in [6, 6.07) is 0. The minimum Gasteiger partial charge on any atom is -0.475 e. The minimum absolute atomic E-state index is 0.184. The van der Waals surface area contributed by atoms with Crippen molar-refractivity contribution >= 4 is 5.95 Å². The molecule has 2 fully saturated rings. The minimum atomic E-state index is 0.184. The molecule has 1 aromatic heterocycles. The molecule has 0 bridgehead atoms. The first-order valence-electron chi connectivity index (χ1n) is 8.59. The van der Waals surface area contributed by atoms with Crippen LogP contribution in [0.3, 0.4) is 0 Å². The zero-order valence-electron chi connectivity index (χ0n) is 13.5. The van der Waals surface area contributed by atoms with Crippen LogP contribution < -0.4 is 10.5 Å². The molecule has 1 aromatic rings. The van der Waals surface area contributed by atoms with E-state index in [1.54, 1.807) is 0 Å². The summed E-state index contributed by atoms with van der Waals surface area (Å²) in [6.45, 7) is 3.73. The average molecular weight is 305 g/mol. The third kappa shape index (κ3) is 3.88. The fraction of sp³-hybridized carbons (Fsp3) is 0.765. The molecule has 5 nitrogen and oxygen atoms in total. The molecule has 22 heavy (non-hydrogen) atoms. The van der Waals surface area contributed by atoms with E-state index < -0.39 is 0 Å². The van der Waals surface area contributed by atoms with Crippen molar-refractivity contribution in [3.63, 3.8) is 0 Å². The number of aromatic nitrogens is 2. The molecule has 1 unspecified atom stereocenters. The van der Waals surface area contributed by atoms with E-state index in [1.807, 2.05) is 6.20 Å². The van der Waals surface area contributed by atoms with Gasteiger partial charge in [0.05, 0.1) is 6.10 Å². The van der Waals surface area contributed by atoms with Gasteiger partial charge in [0, 0.05) is 18.4 Å². The number of nitrogens with zero attached hydrogens (tertiary/aromatic N) is 2. The van der Waals surface area contributed by atoms with Gasteiger partial charge in [-0.15, -0.1) is 0 Å². The summed E-state index contributed by atoms with van der Waals surface area (Å²) in [4.78, 5) is 8.52. The lowest BCUT2D eigenvalue weighted by molar-refractivity contribution is -0.0122. The summed E-state index contributed by atoms with van der Waals surface area (Å²) >= 11 is 0. The van der Waals surface area contributed by atoms with Crippen LogP contribution in [0.5, 0.6) is 5.88 Å². The lowest BCUT2D eigenvalue weighted by Crippen LogP contribution is -2.26. The van der Waals surface area contributed by atoms with Crippen molar-refractivity contribution in [1.82, 2.24) is 9.97 Å². The first-order valence-corrected chi connectivity index (χ1v) is 8.59. The predicted octanol–water partition coefficient (Wildman–Crippen LogP) is 3.30. The van der Waals surface area contributed by atoms with Gasteiger partial charge in [0.1, 0.15) is 6.61 Å². The van der Waals surface area contributed by atoms with Crippen LogP contribution in [-0.2, 0) is 4.74 Å². The van der Waals surface area contributed by atoms with E-state index in [2.05, 4.69) is 16.9 Å². The van der Waals surface area contributed by atoms with Crippen LogP contribution in [-0.4, -0.2) is 29.3 Å². The standard InChI is InChI=1S/C17H27N3O2/c1-12-5-7-13(8-6-12)15-10-19-17(18)20-16(15)22-11-14-4-2-3-9-21-14/h10,12-14H,2-9,11H2,1H3,(H2,18,19,20). The van der Waals surface area contributed by atoms with E-state index >= 15 is 0 Å². The maximum Gasteiger partial charge on any atom is 0.223 e. The molecular weight excluding hydrogens is 278 g/mol. The van der Waals surface area contributed by atoms with Gasteiger partial charge in [0.25, 0.3) is 0 Å². The topological polar surface area (TPSA) is 70.3 Å².